The predicted molar refractivity (Wildman–Crippen MR) is 83.8 cm³/mol. The van der Waals surface area contributed by atoms with Crippen molar-refractivity contribution < 1.29 is 9.90 Å². The fourth-order valence-corrected chi connectivity index (χ4v) is 2.00. The molecule has 0 unspecified atom stereocenters. The number of nitrogens with zero attached hydrogens (tertiary/aromatic N) is 1. The Kier molecular flexibility index (Phi) is 4.76. The smallest absolute Gasteiger partial charge is 0.337 e. The highest BCUT2D eigenvalue weighted by molar-refractivity contribution is 9.10. The monoisotopic (exact) mass is 352 g/mol. The third kappa shape index (κ3) is 3.82. The molecule has 0 aliphatic heterocycles. The maximum absolute atomic E-state index is 11.1. The van der Waals surface area contributed by atoms with Crippen molar-refractivity contribution >= 4 is 45.4 Å². The van der Waals surface area contributed by atoms with E-state index in [1.54, 1.807) is 30.5 Å². The van der Waals surface area contributed by atoms with Gasteiger partial charge < -0.3 is 5.11 Å². The number of carbonyl (C=O) groups is 1. The average molecular weight is 354 g/mol. The number of hydrogen-bond acceptors (Lipinski definition) is 3. The number of halogens is 2. The molecule has 0 heterocycles. The van der Waals surface area contributed by atoms with Crippen molar-refractivity contribution in [3.8, 4) is 0 Å². The maximum Gasteiger partial charge on any atom is 0.337 e. The SMILES string of the molecule is O=C(O)c1cc(Br)ccc1NN=Cc1ccc(Cl)cc1. The number of aromatic carboxylic acids is 1. The number of rotatable bonds is 4. The first-order valence-electron chi connectivity index (χ1n) is 5.64. The van der Waals surface area contributed by atoms with Gasteiger partial charge in [-0.15, -0.1) is 0 Å². The summed E-state index contributed by atoms with van der Waals surface area (Å²) >= 11 is 9.02. The van der Waals surface area contributed by atoms with Crippen LogP contribution < -0.4 is 5.43 Å². The largest absolute Gasteiger partial charge is 0.478 e. The van der Waals surface area contributed by atoms with Crippen LogP contribution in [0.15, 0.2) is 52.0 Å². The van der Waals surface area contributed by atoms with Crippen LogP contribution >= 0.6 is 27.5 Å². The molecule has 0 saturated carbocycles. The van der Waals surface area contributed by atoms with Gasteiger partial charge in [-0.3, -0.25) is 5.43 Å². The Morgan fingerprint density at radius 2 is 1.95 bits per heavy atom. The first-order chi connectivity index (χ1) is 9.56. The minimum atomic E-state index is -1.02. The molecule has 0 atom stereocenters. The number of hydrogen-bond donors (Lipinski definition) is 2. The van der Waals surface area contributed by atoms with Gasteiger partial charge in [-0.05, 0) is 35.9 Å². The predicted octanol–water partition coefficient (Wildman–Crippen LogP) is 4.25. The van der Waals surface area contributed by atoms with E-state index >= 15 is 0 Å². The molecule has 2 rings (SSSR count). The maximum atomic E-state index is 11.1. The topological polar surface area (TPSA) is 61.7 Å². The fourth-order valence-electron chi connectivity index (χ4n) is 1.52. The number of benzene rings is 2. The van der Waals surface area contributed by atoms with Crippen LogP contribution in [-0.4, -0.2) is 17.3 Å². The number of anilines is 1. The van der Waals surface area contributed by atoms with E-state index in [2.05, 4.69) is 26.5 Å². The quantitative estimate of drug-likeness (QED) is 0.638. The molecular weight excluding hydrogens is 344 g/mol. The summed E-state index contributed by atoms with van der Waals surface area (Å²) < 4.78 is 0.696. The second-order valence-corrected chi connectivity index (χ2v) is 5.27. The highest BCUT2D eigenvalue weighted by Crippen LogP contribution is 2.21. The number of carboxylic acids is 1. The van der Waals surface area contributed by atoms with E-state index in [4.69, 9.17) is 16.7 Å². The summed E-state index contributed by atoms with van der Waals surface area (Å²) in [6.07, 6.45) is 1.59. The normalized spacial score (nSPS) is 10.7. The summed E-state index contributed by atoms with van der Waals surface area (Å²) in [7, 11) is 0. The Bertz CT molecular complexity index is 657. The van der Waals surface area contributed by atoms with E-state index in [0.717, 1.165) is 5.56 Å². The van der Waals surface area contributed by atoms with E-state index in [1.807, 2.05) is 12.1 Å². The second kappa shape index (κ2) is 6.54. The lowest BCUT2D eigenvalue weighted by Gasteiger charge is -2.05. The van der Waals surface area contributed by atoms with Gasteiger partial charge in [0.05, 0.1) is 17.5 Å². The standard InChI is InChI=1S/C14H10BrClN2O2/c15-10-3-6-13(12(7-10)14(19)20)18-17-8-9-1-4-11(16)5-2-9/h1-8,18H,(H,19,20). The van der Waals surface area contributed by atoms with Gasteiger partial charge in [0, 0.05) is 9.50 Å². The molecule has 0 amide bonds. The lowest BCUT2D eigenvalue weighted by molar-refractivity contribution is 0.0698. The molecule has 0 aliphatic rings. The molecule has 2 aromatic rings. The van der Waals surface area contributed by atoms with E-state index in [9.17, 15) is 4.79 Å². The van der Waals surface area contributed by atoms with Crippen LogP contribution in [0.5, 0.6) is 0 Å². The van der Waals surface area contributed by atoms with E-state index < -0.39 is 5.97 Å². The van der Waals surface area contributed by atoms with Crippen molar-refractivity contribution in [2.45, 2.75) is 0 Å². The summed E-state index contributed by atoms with van der Waals surface area (Å²) in [4.78, 5) is 11.1. The van der Waals surface area contributed by atoms with Crippen LogP contribution in [0.3, 0.4) is 0 Å². The number of hydrazone groups is 1. The zero-order valence-electron chi connectivity index (χ0n) is 10.2. The average Bonchev–Trinajstić information content (AvgIpc) is 2.42. The molecule has 0 radical (unpaired) electrons. The van der Waals surface area contributed by atoms with Crippen LogP contribution in [0.2, 0.25) is 5.02 Å². The highest BCUT2D eigenvalue weighted by Gasteiger charge is 2.09. The molecule has 0 bridgehead atoms. The Morgan fingerprint density at radius 3 is 2.60 bits per heavy atom. The first-order valence-corrected chi connectivity index (χ1v) is 6.81. The summed E-state index contributed by atoms with van der Waals surface area (Å²) in [5.74, 6) is -1.02. The van der Waals surface area contributed by atoms with Gasteiger partial charge in [0.25, 0.3) is 0 Å². The molecular formula is C14H10BrClN2O2. The van der Waals surface area contributed by atoms with Crippen molar-refractivity contribution in [1.82, 2.24) is 0 Å². The van der Waals surface area contributed by atoms with E-state index in [-0.39, 0.29) is 5.56 Å². The van der Waals surface area contributed by atoms with Crippen molar-refractivity contribution in [1.29, 1.82) is 0 Å². The molecule has 4 nitrogen and oxygen atoms in total. The minimum absolute atomic E-state index is 0.146. The van der Waals surface area contributed by atoms with Crippen LogP contribution in [0.4, 0.5) is 5.69 Å². The molecule has 6 heteroatoms. The molecule has 20 heavy (non-hydrogen) atoms. The van der Waals surface area contributed by atoms with Crippen molar-refractivity contribution in [3.63, 3.8) is 0 Å². The molecule has 2 aromatic carbocycles. The van der Waals surface area contributed by atoms with E-state index in [1.165, 1.54) is 6.07 Å². The molecule has 0 aromatic heterocycles. The van der Waals surface area contributed by atoms with Crippen molar-refractivity contribution in [3.05, 3.63) is 63.1 Å². The molecule has 0 fully saturated rings. The van der Waals surface area contributed by atoms with Gasteiger partial charge in [0.15, 0.2) is 0 Å². The van der Waals surface area contributed by atoms with Crippen LogP contribution in [0.1, 0.15) is 15.9 Å². The third-order valence-electron chi connectivity index (χ3n) is 2.48. The molecule has 2 N–H and O–H groups in total. The third-order valence-corrected chi connectivity index (χ3v) is 3.23. The zero-order chi connectivity index (χ0) is 14.5. The van der Waals surface area contributed by atoms with Crippen LogP contribution in [0, 0.1) is 0 Å². The first kappa shape index (κ1) is 14.6. The van der Waals surface area contributed by atoms with Gasteiger partial charge in [0.2, 0.25) is 0 Å². The van der Waals surface area contributed by atoms with E-state index in [0.29, 0.717) is 15.2 Å². The highest BCUT2D eigenvalue weighted by atomic mass is 79.9. The van der Waals surface area contributed by atoms with Gasteiger partial charge >= 0.3 is 5.97 Å². The van der Waals surface area contributed by atoms with Crippen LogP contribution in [-0.2, 0) is 0 Å². The Balaban J connectivity index is 2.14. The van der Waals surface area contributed by atoms with Gasteiger partial charge in [0.1, 0.15) is 0 Å². The van der Waals surface area contributed by atoms with Crippen molar-refractivity contribution in [2.75, 3.05) is 5.43 Å². The fraction of sp³-hybridized carbons (Fsp3) is 0. The number of nitrogens with one attached hydrogen (secondary N) is 1. The lowest BCUT2D eigenvalue weighted by Crippen LogP contribution is -2.02. The zero-order valence-corrected chi connectivity index (χ0v) is 12.5. The summed E-state index contributed by atoms with van der Waals surface area (Å²) in [5.41, 5.74) is 4.15. The minimum Gasteiger partial charge on any atom is -0.478 e. The number of carboxylic acid groups (broad SMARTS) is 1. The van der Waals surface area contributed by atoms with Crippen molar-refractivity contribution in [2.24, 2.45) is 5.10 Å². The summed E-state index contributed by atoms with van der Waals surface area (Å²) in [5, 5.41) is 13.8. The van der Waals surface area contributed by atoms with Crippen LogP contribution in [0.25, 0.3) is 0 Å². The molecule has 102 valence electrons. The summed E-state index contributed by atoms with van der Waals surface area (Å²) in [6.45, 7) is 0. The second-order valence-electron chi connectivity index (χ2n) is 3.92. The molecule has 0 spiro atoms. The Morgan fingerprint density at radius 1 is 1.25 bits per heavy atom. The molecule has 0 saturated heterocycles. The summed E-state index contributed by atoms with van der Waals surface area (Å²) in [6, 6.07) is 12.0. The van der Waals surface area contributed by atoms with Gasteiger partial charge in [-0.1, -0.05) is 39.7 Å². The Labute approximate surface area is 129 Å². The Hall–Kier alpha value is -1.85. The van der Waals surface area contributed by atoms with Gasteiger partial charge in [-0.2, -0.15) is 5.10 Å². The lowest BCUT2D eigenvalue weighted by atomic mass is 10.2. The molecule has 0 aliphatic carbocycles. The van der Waals surface area contributed by atoms with Gasteiger partial charge in [-0.25, -0.2) is 4.79 Å².